The third-order valence-electron chi connectivity index (χ3n) is 5.39. The number of anilines is 1. The summed E-state index contributed by atoms with van der Waals surface area (Å²) in [6, 6.07) is 10.5. The van der Waals surface area contributed by atoms with Gasteiger partial charge < -0.3 is 10.8 Å². The lowest BCUT2D eigenvalue weighted by molar-refractivity contribution is -0.139. The molecule has 9 heteroatoms. The highest BCUT2D eigenvalue weighted by molar-refractivity contribution is 6.35. The van der Waals surface area contributed by atoms with Gasteiger partial charge in [0.1, 0.15) is 0 Å². The zero-order valence-corrected chi connectivity index (χ0v) is 19.1. The molecule has 2 atom stereocenters. The maximum absolute atomic E-state index is 11.9. The largest absolute Gasteiger partial charge is 0.480 e. The quantitative estimate of drug-likeness (QED) is 0.314. The van der Waals surface area contributed by atoms with Crippen LogP contribution >= 0.6 is 35.6 Å². The number of fused-ring (bicyclic) bond motifs is 1. The molecule has 2 aromatic rings. The fraction of sp³-hybridized carbons (Fsp3) is 0.364. The van der Waals surface area contributed by atoms with Crippen LogP contribution < -0.4 is 10.7 Å². The van der Waals surface area contributed by atoms with Crippen molar-refractivity contribution in [2.75, 3.05) is 11.6 Å². The number of nitrogens with zero attached hydrogens (tertiary/aromatic N) is 2. The Morgan fingerprint density at radius 1 is 1.19 bits per heavy atom. The Hall–Kier alpha value is -2.08. The SMILES string of the molecule is Cl.NCCCCc1ccc(C[C@H]2C[C@H](C(=O)O)N(N=C=O)c3cc(Cl)cc(Cl)c32)cc1. The van der Waals surface area contributed by atoms with Crippen LogP contribution in [0.5, 0.6) is 0 Å². The van der Waals surface area contributed by atoms with E-state index in [0.29, 0.717) is 28.7 Å². The minimum Gasteiger partial charge on any atom is -0.480 e. The molecule has 0 saturated heterocycles. The normalized spacial score (nSPS) is 17.3. The summed E-state index contributed by atoms with van der Waals surface area (Å²) < 4.78 is 0. The van der Waals surface area contributed by atoms with E-state index in [9.17, 15) is 14.7 Å². The van der Waals surface area contributed by atoms with Crippen LogP contribution in [0.3, 0.4) is 0 Å². The molecule has 2 aromatic carbocycles. The monoisotopic (exact) mass is 483 g/mol. The zero-order valence-electron chi connectivity index (χ0n) is 16.8. The van der Waals surface area contributed by atoms with Crippen LogP contribution in [0.2, 0.25) is 10.0 Å². The number of rotatable bonds is 8. The Labute approximate surface area is 197 Å². The lowest BCUT2D eigenvalue weighted by Gasteiger charge is -2.37. The number of halogens is 3. The van der Waals surface area contributed by atoms with E-state index in [4.69, 9.17) is 28.9 Å². The summed E-state index contributed by atoms with van der Waals surface area (Å²) in [5.74, 6) is -1.23. The van der Waals surface area contributed by atoms with Gasteiger partial charge in [-0.2, -0.15) is 0 Å². The van der Waals surface area contributed by atoms with Gasteiger partial charge in [-0.05, 0) is 73.4 Å². The molecule has 0 bridgehead atoms. The van der Waals surface area contributed by atoms with Crippen LogP contribution in [0.1, 0.15) is 41.9 Å². The Bertz CT molecular complexity index is 962. The third kappa shape index (κ3) is 6.00. The Morgan fingerprint density at radius 2 is 1.87 bits per heavy atom. The molecular weight excluding hydrogens is 461 g/mol. The number of carbonyl (C=O) groups is 1. The molecule has 0 spiro atoms. The molecule has 6 nitrogen and oxygen atoms in total. The molecule has 1 aliphatic rings. The fourth-order valence-corrected chi connectivity index (χ4v) is 4.62. The number of benzene rings is 2. The van der Waals surface area contributed by atoms with Gasteiger partial charge in [0.15, 0.2) is 6.04 Å². The van der Waals surface area contributed by atoms with Gasteiger partial charge in [-0.3, -0.25) is 0 Å². The van der Waals surface area contributed by atoms with Gasteiger partial charge in [0.05, 0.1) is 5.69 Å². The lowest BCUT2D eigenvalue weighted by Crippen LogP contribution is -2.43. The van der Waals surface area contributed by atoms with Crippen LogP contribution in [-0.2, 0) is 22.4 Å². The second-order valence-electron chi connectivity index (χ2n) is 7.41. The molecule has 0 amide bonds. The van der Waals surface area contributed by atoms with Crippen LogP contribution in [-0.4, -0.2) is 29.7 Å². The van der Waals surface area contributed by atoms with Crippen molar-refractivity contribution >= 4 is 53.3 Å². The van der Waals surface area contributed by atoms with Gasteiger partial charge in [0.25, 0.3) is 6.08 Å². The van der Waals surface area contributed by atoms with Crippen molar-refractivity contribution in [1.82, 2.24) is 0 Å². The highest BCUT2D eigenvalue weighted by Crippen LogP contribution is 2.45. The molecule has 1 aliphatic heterocycles. The van der Waals surface area contributed by atoms with Gasteiger partial charge in [-0.25, -0.2) is 14.6 Å². The number of hydrogen-bond donors (Lipinski definition) is 2. The number of aryl methyl sites for hydroxylation is 1. The molecule has 166 valence electrons. The van der Waals surface area contributed by atoms with Crippen molar-refractivity contribution in [2.45, 2.75) is 44.1 Å². The summed E-state index contributed by atoms with van der Waals surface area (Å²) >= 11 is 12.6. The van der Waals surface area contributed by atoms with E-state index < -0.39 is 12.0 Å². The number of carboxylic acid groups (broad SMARTS) is 1. The lowest BCUT2D eigenvalue weighted by atomic mass is 9.82. The number of carbonyl (C=O) groups excluding carboxylic acids is 1. The molecule has 31 heavy (non-hydrogen) atoms. The number of nitrogens with two attached hydrogens (primary N) is 1. The summed E-state index contributed by atoms with van der Waals surface area (Å²) in [7, 11) is 0. The van der Waals surface area contributed by atoms with Crippen molar-refractivity contribution in [3.8, 4) is 0 Å². The summed E-state index contributed by atoms with van der Waals surface area (Å²) in [5.41, 5.74) is 9.05. The van der Waals surface area contributed by atoms with Crippen LogP contribution in [0, 0.1) is 0 Å². The maximum Gasteiger partial charge on any atom is 0.328 e. The van der Waals surface area contributed by atoms with E-state index in [1.54, 1.807) is 12.1 Å². The van der Waals surface area contributed by atoms with Crippen molar-refractivity contribution in [1.29, 1.82) is 0 Å². The highest BCUT2D eigenvalue weighted by atomic mass is 35.5. The average Bonchev–Trinajstić information content (AvgIpc) is 2.70. The minimum absolute atomic E-state index is 0. The summed E-state index contributed by atoms with van der Waals surface area (Å²) in [6.07, 6.45) is 5.33. The van der Waals surface area contributed by atoms with E-state index in [1.807, 2.05) is 0 Å². The van der Waals surface area contributed by atoms with Crippen LogP contribution in [0.25, 0.3) is 0 Å². The first-order valence-corrected chi connectivity index (χ1v) is 10.6. The maximum atomic E-state index is 11.9. The Morgan fingerprint density at radius 3 is 2.48 bits per heavy atom. The molecule has 0 saturated carbocycles. The summed E-state index contributed by atoms with van der Waals surface area (Å²) in [4.78, 5) is 22.8. The Kier molecular flexibility index (Phi) is 9.35. The zero-order chi connectivity index (χ0) is 21.7. The predicted molar refractivity (Wildman–Crippen MR) is 125 cm³/mol. The molecule has 3 N–H and O–H groups in total. The second-order valence-corrected chi connectivity index (χ2v) is 8.25. The van der Waals surface area contributed by atoms with Gasteiger partial charge in [-0.15, -0.1) is 12.4 Å². The number of carboxylic acids is 1. The topological polar surface area (TPSA) is 96.0 Å². The van der Waals surface area contributed by atoms with Crippen LogP contribution in [0.4, 0.5) is 5.69 Å². The van der Waals surface area contributed by atoms with E-state index in [0.717, 1.165) is 35.4 Å². The smallest absolute Gasteiger partial charge is 0.328 e. The standard InChI is InChI=1S/C22H23Cl2N3O3.ClH/c23-17-11-18(24)21-16(9-15-6-4-14(5-7-15)3-1-2-8-25)10-20(22(29)30)27(26-13-28)19(21)12-17;/h4-7,11-12,16,20H,1-3,8-10,25H2,(H,29,30);1H/t16-,20+;/m0./s1. The molecular formula is C22H24Cl3N3O3. The van der Waals surface area contributed by atoms with Crippen molar-refractivity contribution in [2.24, 2.45) is 10.8 Å². The number of unbranched alkanes of at least 4 members (excludes halogenated alkanes) is 1. The van der Waals surface area contributed by atoms with Crippen molar-refractivity contribution in [3.05, 3.63) is 63.1 Å². The average molecular weight is 485 g/mol. The number of isocyanates is 1. The molecule has 1 heterocycles. The third-order valence-corrected chi connectivity index (χ3v) is 5.92. The van der Waals surface area contributed by atoms with E-state index in [1.165, 1.54) is 11.6 Å². The molecule has 0 aliphatic carbocycles. The van der Waals surface area contributed by atoms with E-state index in [2.05, 4.69) is 29.4 Å². The van der Waals surface area contributed by atoms with Gasteiger partial charge in [0, 0.05) is 10.0 Å². The number of aliphatic carboxylic acids is 1. The molecule has 0 fully saturated rings. The fourth-order valence-electron chi connectivity index (χ4n) is 3.98. The van der Waals surface area contributed by atoms with E-state index in [-0.39, 0.29) is 24.7 Å². The van der Waals surface area contributed by atoms with Crippen molar-refractivity contribution < 1.29 is 14.7 Å². The Balaban J connectivity index is 0.00000341. The first-order valence-electron chi connectivity index (χ1n) is 9.81. The van der Waals surface area contributed by atoms with Gasteiger partial charge in [-0.1, -0.05) is 52.6 Å². The molecule has 3 rings (SSSR count). The molecule has 0 unspecified atom stereocenters. The summed E-state index contributed by atoms with van der Waals surface area (Å²) in [5, 5.41) is 15.3. The van der Waals surface area contributed by atoms with E-state index >= 15 is 0 Å². The van der Waals surface area contributed by atoms with Crippen molar-refractivity contribution in [3.63, 3.8) is 0 Å². The number of hydrazone groups is 1. The summed E-state index contributed by atoms with van der Waals surface area (Å²) in [6.45, 7) is 0.694. The number of hydrogen-bond acceptors (Lipinski definition) is 5. The van der Waals surface area contributed by atoms with Crippen LogP contribution in [0.15, 0.2) is 41.5 Å². The van der Waals surface area contributed by atoms with Gasteiger partial charge in [0.2, 0.25) is 0 Å². The highest BCUT2D eigenvalue weighted by Gasteiger charge is 2.38. The second kappa shape index (κ2) is 11.5. The molecule has 0 radical (unpaired) electrons. The molecule has 0 aromatic heterocycles. The van der Waals surface area contributed by atoms with Gasteiger partial charge >= 0.3 is 5.97 Å². The first-order chi connectivity index (χ1) is 14.4. The first kappa shape index (κ1) is 25.2. The predicted octanol–water partition coefficient (Wildman–Crippen LogP) is 4.94. The minimum atomic E-state index is -1.07.